The van der Waals surface area contributed by atoms with Crippen molar-refractivity contribution < 1.29 is 16.8 Å². The molecule has 0 aliphatic heterocycles. The van der Waals surface area contributed by atoms with Gasteiger partial charge in [0.2, 0.25) is 10.0 Å². The van der Waals surface area contributed by atoms with Crippen molar-refractivity contribution in [2.24, 2.45) is 7.05 Å². The van der Waals surface area contributed by atoms with Crippen molar-refractivity contribution in [2.45, 2.75) is 29.7 Å². The number of hydrogen-bond donors (Lipinski definition) is 1. The lowest BCUT2D eigenvalue weighted by Crippen LogP contribution is -2.48. The third kappa shape index (κ3) is 4.92. The second kappa shape index (κ2) is 10.0. The number of nitrogens with one attached hydrogen (secondary N) is 1. The van der Waals surface area contributed by atoms with Gasteiger partial charge in [0.15, 0.2) is 9.84 Å². The molecule has 3 aromatic heterocycles. The molecule has 0 saturated carbocycles. The van der Waals surface area contributed by atoms with Crippen LogP contribution in [0.2, 0.25) is 0 Å². The van der Waals surface area contributed by atoms with Crippen molar-refractivity contribution >= 4 is 47.9 Å². The lowest BCUT2D eigenvalue weighted by atomic mass is 9.85. The molecule has 0 bridgehead atoms. The number of halogens is 1. The molecule has 3 heterocycles. The minimum Gasteiger partial charge on any atom is -0.327 e. The maximum atomic E-state index is 14.1. The Bertz CT molecular complexity index is 2120. The minimum atomic E-state index is -4.24. The highest BCUT2D eigenvalue weighted by Gasteiger charge is 2.49. The van der Waals surface area contributed by atoms with E-state index in [0.717, 1.165) is 10.2 Å². The largest absolute Gasteiger partial charge is 0.327 e. The van der Waals surface area contributed by atoms with E-state index in [-0.39, 0.29) is 16.8 Å². The van der Waals surface area contributed by atoms with E-state index in [4.69, 9.17) is 11.6 Å². The average molecular weight is 614 g/mol. The van der Waals surface area contributed by atoms with E-state index < -0.39 is 35.5 Å². The van der Waals surface area contributed by atoms with Gasteiger partial charge in [0.1, 0.15) is 10.3 Å². The number of aromatic nitrogens is 3. The summed E-state index contributed by atoms with van der Waals surface area (Å²) in [5.41, 5.74) is 2.60. The molecule has 0 saturated heterocycles. The van der Waals surface area contributed by atoms with Crippen molar-refractivity contribution in [3.8, 4) is 11.1 Å². The van der Waals surface area contributed by atoms with Crippen LogP contribution in [0.25, 0.3) is 27.6 Å². The Morgan fingerprint density at radius 1 is 1.05 bits per heavy atom. The van der Waals surface area contributed by atoms with Gasteiger partial charge in [0.05, 0.1) is 11.1 Å². The molecule has 41 heavy (non-hydrogen) atoms. The van der Waals surface area contributed by atoms with Crippen LogP contribution in [0.15, 0.2) is 88.4 Å². The molecule has 0 radical (unpaired) electrons. The van der Waals surface area contributed by atoms with Gasteiger partial charge in [-0.15, -0.1) is 11.6 Å². The van der Waals surface area contributed by atoms with Gasteiger partial charge in [0.25, 0.3) is 11.1 Å². The summed E-state index contributed by atoms with van der Waals surface area (Å²) < 4.78 is 52.8. The molecule has 2 unspecified atom stereocenters. The minimum absolute atomic E-state index is 0.00276. The first-order valence-corrected chi connectivity index (χ1v) is 16.5. The number of pyridine rings is 2. The van der Waals surface area contributed by atoms with E-state index in [1.54, 1.807) is 62.7 Å². The van der Waals surface area contributed by atoms with E-state index in [2.05, 4.69) is 4.98 Å². The predicted molar refractivity (Wildman–Crippen MR) is 162 cm³/mol. The number of rotatable bonds is 6. The van der Waals surface area contributed by atoms with Crippen molar-refractivity contribution in [1.82, 2.24) is 13.5 Å². The number of alkyl halides is 1. The Morgan fingerprint density at radius 2 is 1.78 bits per heavy atom. The smallest absolute Gasteiger partial charge is 0.273 e. The standard InChI is InChI=1S/C29H28ClN3O6S2/c1-18-12-22(14-25(30)29(18,2)41(38,39)33-11-9-20-8-10-31-28(35)27(20)33)23-15-26(34)32(3)16-24(23)21-7-5-6-19(13-21)17-40(4,36)37/h5-16,25H,17H2,1-4H3,(H,31,35). The van der Waals surface area contributed by atoms with Crippen molar-refractivity contribution in [3.63, 3.8) is 0 Å². The van der Waals surface area contributed by atoms with Crippen LogP contribution in [0.1, 0.15) is 25.0 Å². The third-order valence-electron chi connectivity index (χ3n) is 7.58. The van der Waals surface area contributed by atoms with Gasteiger partial charge in [-0.05, 0) is 53.8 Å². The fourth-order valence-electron chi connectivity index (χ4n) is 5.18. The molecule has 12 heteroatoms. The molecule has 1 N–H and O–H groups in total. The van der Waals surface area contributed by atoms with Crippen LogP contribution in [-0.4, -0.2) is 46.7 Å². The van der Waals surface area contributed by atoms with E-state index in [0.29, 0.717) is 38.8 Å². The molecule has 1 aromatic carbocycles. The van der Waals surface area contributed by atoms with E-state index in [1.165, 1.54) is 30.0 Å². The topological polar surface area (TPSA) is 128 Å². The Morgan fingerprint density at radius 3 is 2.46 bits per heavy atom. The first-order chi connectivity index (χ1) is 19.1. The zero-order valence-corrected chi connectivity index (χ0v) is 25.1. The molecular formula is C29H28ClN3O6S2. The van der Waals surface area contributed by atoms with Crippen LogP contribution >= 0.6 is 11.6 Å². The zero-order chi connectivity index (χ0) is 29.9. The monoisotopic (exact) mass is 613 g/mol. The molecule has 5 rings (SSSR count). The van der Waals surface area contributed by atoms with E-state index in [9.17, 15) is 26.4 Å². The fourth-order valence-corrected chi connectivity index (χ4v) is 8.48. The van der Waals surface area contributed by atoms with Gasteiger partial charge < -0.3 is 9.55 Å². The van der Waals surface area contributed by atoms with Gasteiger partial charge in [-0.2, -0.15) is 0 Å². The summed E-state index contributed by atoms with van der Waals surface area (Å²) in [5, 5.41) is -0.593. The summed E-state index contributed by atoms with van der Waals surface area (Å²) >= 11 is 6.88. The van der Waals surface area contributed by atoms with Crippen molar-refractivity contribution in [2.75, 3.05) is 6.26 Å². The third-order valence-corrected chi connectivity index (χ3v) is 11.6. The maximum absolute atomic E-state index is 14.1. The lowest BCUT2D eigenvalue weighted by Gasteiger charge is -2.37. The Hall–Kier alpha value is -3.67. The second-order valence-electron chi connectivity index (χ2n) is 10.5. The number of aryl methyl sites for hydroxylation is 1. The quantitative estimate of drug-likeness (QED) is 0.329. The molecule has 1 aliphatic carbocycles. The number of hydrogen-bond acceptors (Lipinski definition) is 6. The molecule has 4 aromatic rings. The van der Waals surface area contributed by atoms with Crippen molar-refractivity contribution in [1.29, 1.82) is 0 Å². The molecule has 2 atom stereocenters. The number of nitrogens with zero attached hydrogens (tertiary/aromatic N) is 2. The highest BCUT2D eigenvalue weighted by Crippen LogP contribution is 2.43. The SMILES string of the molecule is CC1=CC(c2cc(=O)n(C)cc2-c2cccc(CS(C)(=O)=O)c2)=CC(Cl)C1(C)S(=O)(=O)n1ccc2cc[nH]c(=O)c21. The van der Waals surface area contributed by atoms with Gasteiger partial charge in [0, 0.05) is 48.9 Å². The van der Waals surface area contributed by atoms with Gasteiger partial charge in [-0.3, -0.25) is 9.59 Å². The van der Waals surface area contributed by atoms with Crippen LogP contribution < -0.4 is 11.1 Å². The molecular weight excluding hydrogens is 586 g/mol. The van der Waals surface area contributed by atoms with Crippen LogP contribution in [-0.2, 0) is 32.7 Å². The molecule has 0 spiro atoms. The lowest BCUT2D eigenvalue weighted by molar-refractivity contribution is 0.548. The number of sulfone groups is 1. The normalized spacial score (nSPS) is 19.7. The Kier molecular flexibility index (Phi) is 7.04. The van der Waals surface area contributed by atoms with Gasteiger partial charge >= 0.3 is 0 Å². The zero-order valence-electron chi connectivity index (χ0n) is 22.8. The molecule has 1 aliphatic rings. The van der Waals surface area contributed by atoms with Crippen LogP contribution in [0.3, 0.4) is 0 Å². The van der Waals surface area contributed by atoms with E-state index in [1.807, 2.05) is 6.07 Å². The van der Waals surface area contributed by atoms with E-state index >= 15 is 0 Å². The van der Waals surface area contributed by atoms with Crippen LogP contribution in [0, 0.1) is 0 Å². The van der Waals surface area contributed by atoms with Gasteiger partial charge in [-0.1, -0.05) is 36.4 Å². The molecule has 214 valence electrons. The number of allylic oxidation sites excluding steroid dienone is 3. The highest BCUT2D eigenvalue weighted by atomic mass is 35.5. The summed E-state index contributed by atoms with van der Waals surface area (Å²) in [5.74, 6) is -0.138. The maximum Gasteiger partial charge on any atom is 0.273 e. The molecule has 9 nitrogen and oxygen atoms in total. The number of fused-ring (bicyclic) bond motifs is 1. The summed E-state index contributed by atoms with van der Waals surface area (Å²) in [6, 6.07) is 11.7. The summed E-state index contributed by atoms with van der Waals surface area (Å²) in [7, 11) is -5.90. The summed E-state index contributed by atoms with van der Waals surface area (Å²) in [4.78, 5) is 27.8. The highest BCUT2D eigenvalue weighted by molar-refractivity contribution is 7.91. The molecule has 0 fully saturated rings. The first-order valence-electron chi connectivity index (χ1n) is 12.6. The molecule has 0 amide bonds. The summed E-state index contributed by atoms with van der Waals surface area (Å²) in [6.45, 7) is 3.17. The number of aromatic amines is 1. The Labute approximate surface area is 242 Å². The predicted octanol–water partition coefficient (Wildman–Crippen LogP) is 3.83. The van der Waals surface area contributed by atoms with Gasteiger partial charge in [-0.25, -0.2) is 20.8 Å². The number of H-pyrrole nitrogens is 1. The summed E-state index contributed by atoms with van der Waals surface area (Å²) in [6.07, 6.45) is 8.90. The first kappa shape index (κ1) is 28.8. The van der Waals surface area contributed by atoms with Crippen LogP contribution in [0.5, 0.6) is 0 Å². The fraction of sp³-hybridized carbons (Fsp3) is 0.241. The Balaban J connectivity index is 1.64. The average Bonchev–Trinajstić information content (AvgIpc) is 3.34. The second-order valence-corrected chi connectivity index (χ2v) is 15.3. The van der Waals surface area contributed by atoms with Crippen LogP contribution in [0.4, 0.5) is 0 Å². The number of benzene rings is 1. The van der Waals surface area contributed by atoms with Crippen molar-refractivity contribution in [3.05, 3.63) is 111 Å².